The summed E-state index contributed by atoms with van der Waals surface area (Å²) < 4.78 is 46.1. The molecule has 2 aromatic carbocycles. The third kappa shape index (κ3) is 4.62. The lowest BCUT2D eigenvalue weighted by Gasteiger charge is -2.31. The van der Waals surface area contributed by atoms with Crippen LogP contribution in [0.2, 0.25) is 5.02 Å². The number of rotatable bonds is 6. The Morgan fingerprint density at radius 2 is 1.96 bits per heavy atom. The van der Waals surface area contributed by atoms with Gasteiger partial charge in [-0.05, 0) is 42.5 Å². The van der Waals surface area contributed by atoms with E-state index in [0.29, 0.717) is 26.3 Å². The van der Waals surface area contributed by atoms with E-state index in [1.165, 1.54) is 16.4 Å². The van der Waals surface area contributed by atoms with Crippen molar-refractivity contribution in [3.63, 3.8) is 0 Å². The van der Waals surface area contributed by atoms with Crippen LogP contribution < -0.4 is 0 Å². The Kier molecular flexibility index (Phi) is 6.29. The Morgan fingerprint density at radius 3 is 2.69 bits per heavy atom. The molecule has 1 aliphatic rings. The van der Waals surface area contributed by atoms with E-state index in [9.17, 15) is 12.8 Å². The van der Waals surface area contributed by atoms with Gasteiger partial charge in [0.05, 0.1) is 23.1 Å². The van der Waals surface area contributed by atoms with Crippen LogP contribution in [0.15, 0.2) is 53.4 Å². The second-order valence-electron chi connectivity index (χ2n) is 6.45. The summed E-state index contributed by atoms with van der Waals surface area (Å²) in [5.41, 5.74) is 1.09. The molecule has 1 aliphatic heterocycles. The lowest BCUT2D eigenvalue weighted by atomic mass is 10.0. The van der Waals surface area contributed by atoms with E-state index in [-0.39, 0.29) is 15.8 Å². The summed E-state index contributed by atoms with van der Waals surface area (Å²) in [5.74, 6) is -0.491. The van der Waals surface area contributed by atoms with Gasteiger partial charge in [-0.25, -0.2) is 12.8 Å². The standard InChI is InChI=1S/C19H21ClFNO3S/c20-18-11-17(8-9-19(18)21)26(23,24)22-10-4-7-16(12-22)14-25-13-15-5-2-1-3-6-15/h1-3,5-6,8-9,11,16H,4,7,10,12-14H2. The molecule has 140 valence electrons. The van der Waals surface area contributed by atoms with Gasteiger partial charge in [0, 0.05) is 13.1 Å². The fraction of sp³-hybridized carbons (Fsp3) is 0.368. The summed E-state index contributed by atoms with van der Waals surface area (Å²) in [6.07, 6.45) is 1.69. The van der Waals surface area contributed by atoms with Crippen LogP contribution >= 0.6 is 11.6 Å². The van der Waals surface area contributed by atoms with E-state index in [1.807, 2.05) is 30.3 Å². The number of halogens is 2. The zero-order chi connectivity index (χ0) is 18.6. The lowest BCUT2D eigenvalue weighted by Crippen LogP contribution is -2.41. The molecule has 2 aromatic rings. The molecule has 1 fully saturated rings. The molecule has 1 heterocycles. The predicted molar refractivity (Wildman–Crippen MR) is 99.0 cm³/mol. The first-order chi connectivity index (χ1) is 12.5. The van der Waals surface area contributed by atoms with Crippen molar-refractivity contribution in [2.75, 3.05) is 19.7 Å². The topological polar surface area (TPSA) is 46.6 Å². The molecule has 0 bridgehead atoms. The van der Waals surface area contributed by atoms with Crippen molar-refractivity contribution in [1.29, 1.82) is 0 Å². The number of benzene rings is 2. The molecule has 26 heavy (non-hydrogen) atoms. The van der Waals surface area contributed by atoms with Crippen LogP contribution in [0.1, 0.15) is 18.4 Å². The normalized spacial score (nSPS) is 18.8. The minimum Gasteiger partial charge on any atom is -0.376 e. The summed E-state index contributed by atoms with van der Waals surface area (Å²) in [4.78, 5) is 0.0229. The van der Waals surface area contributed by atoms with E-state index in [4.69, 9.17) is 16.3 Å². The number of hydrogen-bond donors (Lipinski definition) is 0. The lowest BCUT2D eigenvalue weighted by molar-refractivity contribution is 0.0672. The minimum atomic E-state index is -3.68. The largest absolute Gasteiger partial charge is 0.376 e. The smallest absolute Gasteiger partial charge is 0.243 e. The van der Waals surface area contributed by atoms with Crippen LogP contribution in [0.4, 0.5) is 4.39 Å². The Morgan fingerprint density at radius 1 is 1.19 bits per heavy atom. The van der Waals surface area contributed by atoms with Crippen molar-refractivity contribution in [2.45, 2.75) is 24.3 Å². The summed E-state index contributed by atoms with van der Waals surface area (Å²) in [6.45, 7) is 1.86. The van der Waals surface area contributed by atoms with Crippen LogP contribution in [-0.2, 0) is 21.4 Å². The third-order valence-electron chi connectivity index (χ3n) is 4.48. The zero-order valence-electron chi connectivity index (χ0n) is 14.3. The van der Waals surface area contributed by atoms with Crippen LogP contribution in [0.3, 0.4) is 0 Å². The fourth-order valence-electron chi connectivity index (χ4n) is 3.09. The summed E-state index contributed by atoms with van der Waals surface area (Å²) in [6, 6.07) is 13.4. The summed E-state index contributed by atoms with van der Waals surface area (Å²) in [5, 5.41) is -0.189. The van der Waals surface area contributed by atoms with Crippen molar-refractivity contribution in [3.8, 4) is 0 Å². The zero-order valence-corrected chi connectivity index (χ0v) is 15.8. The fourth-order valence-corrected chi connectivity index (χ4v) is 4.91. The molecule has 0 spiro atoms. The molecular formula is C19H21ClFNO3S. The molecule has 1 unspecified atom stereocenters. The molecule has 1 saturated heterocycles. The van der Waals surface area contributed by atoms with Gasteiger partial charge in [-0.3, -0.25) is 0 Å². The first-order valence-electron chi connectivity index (χ1n) is 8.53. The highest BCUT2D eigenvalue weighted by Gasteiger charge is 2.30. The number of ether oxygens (including phenoxy) is 1. The van der Waals surface area contributed by atoms with E-state index in [2.05, 4.69) is 0 Å². The second-order valence-corrected chi connectivity index (χ2v) is 8.79. The van der Waals surface area contributed by atoms with Crippen LogP contribution in [0.5, 0.6) is 0 Å². The maximum Gasteiger partial charge on any atom is 0.243 e. The molecule has 0 aromatic heterocycles. The SMILES string of the molecule is O=S(=O)(c1ccc(F)c(Cl)c1)N1CCCC(COCc2ccccc2)C1. The van der Waals surface area contributed by atoms with Gasteiger partial charge in [0.15, 0.2) is 0 Å². The summed E-state index contributed by atoms with van der Waals surface area (Å²) >= 11 is 5.74. The molecule has 4 nitrogen and oxygen atoms in total. The average molecular weight is 398 g/mol. The molecule has 7 heteroatoms. The second kappa shape index (κ2) is 8.48. The Hall–Kier alpha value is -1.47. The number of hydrogen-bond acceptors (Lipinski definition) is 3. The van der Waals surface area contributed by atoms with Gasteiger partial charge in [0.1, 0.15) is 5.82 Å². The minimum absolute atomic E-state index is 0.0229. The van der Waals surface area contributed by atoms with Crippen LogP contribution in [-0.4, -0.2) is 32.4 Å². The third-order valence-corrected chi connectivity index (χ3v) is 6.63. The molecule has 3 rings (SSSR count). The molecular weight excluding hydrogens is 377 g/mol. The summed E-state index contributed by atoms with van der Waals surface area (Å²) in [7, 11) is -3.68. The van der Waals surface area contributed by atoms with Crippen molar-refractivity contribution < 1.29 is 17.5 Å². The van der Waals surface area contributed by atoms with Gasteiger partial charge in [0.25, 0.3) is 0 Å². The molecule has 0 amide bonds. The van der Waals surface area contributed by atoms with Crippen molar-refractivity contribution in [2.24, 2.45) is 5.92 Å². The van der Waals surface area contributed by atoms with Crippen LogP contribution in [0.25, 0.3) is 0 Å². The maximum absolute atomic E-state index is 13.3. The number of piperidine rings is 1. The predicted octanol–water partition coefficient (Wildman–Crippen LogP) is 4.10. The molecule has 0 saturated carbocycles. The quantitative estimate of drug-likeness (QED) is 0.737. The van der Waals surface area contributed by atoms with E-state index in [1.54, 1.807) is 0 Å². The Labute approximate surface area is 158 Å². The van der Waals surface area contributed by atoms with Gasteiger partial charge in [-0.15, -0.1) is 0 Å². The Bertz CT molecular complexity index is 845. The number of sulfonamides is 1. The van der Waals surface area contributed by atoms with E-state index < -0.39 is 15.8 Å². The first kappa shape index (κ1) is 19.3. The molecule has 1 atom stereocenters. The van der Waals surface area contributed by atoms with Crippen molar-refractivity contribution in [3.05, 3.63) is 64.9 Å². The van der Waals surface area contributed by atoms with Crippen molar-refractivity contribution in [1.82, 2.24) is 4.31 Å². The van der Waals surface area contributed by atoms with Gasteiger partial charge in [-0.1, -0.05) is 41.9 Å². The van der Waals surface area contributed by atoms with Crippen LogP contribution in [0, 0.1) is 11.7 Å². The maximum atomic E-state index is 13.3. The highest BCUT2D eigenvalue weighted by molar-refractivity contribution is 7.89. The monoisotopic (exact) mass is 397 g/mol. The van der Waals surface area contributed by atoms with Gasteiger partial charge >= 0.3 is 0 Å². The highest BCUT2D eigenvalue weighted by Crippen LogP contribution is 2.26. The number of nitrogens with zero attached hydrogens (tertiary/aromatic N) is 1. The van der Waals surface area contributed by atoms with Gasteiger partial charge in [0.2, 0.25) is 10.0 Å². The van der Waals surface area contributed by atoms with Gasteiger partial charge < -0.3 is 4.74 Å². The average Bonchev–Trinajstić information content (AvgIpc) is 2.65. The van der Waals surface area contributed by atoms with E-state index in [0.717, 1.165) is 24.5 Å². The molecule has 0 aliphatic carbocycles. The Balaban J connectivity index is 1.61. The first-order valence-corrected chi connectivity index (χ1v) is 10.4. The van der Waals surface area contributed by atoms with Gasteiger partial charge in [-0.2, -0.15) is 4.31 Å². The van der Waals surface area contributed by atoms with E-state index >= 15 is 0 Å². The molecule has 0 N–H and O–H groups in total. The van der Waals surface area contributed by atoms with Crippen molar-refractivity contribution >= 4 is 21.6 Å². The molecule has 0 radical (unpaired) electrons. The highest BCUT2D eigenvalue weighted by atomic mass is 35.5.